The van der Waals surface area contributed by atoms with Gasteiger partial charge in [0.1, 0.15) is 0 Å². The number of nitrogens with zero attached hydrogens (tertiary/aromatic N) is 1. The van der Waals surface area contributed by atoms with Crippen molar-refractivity contribution in [3.63, 3.8) is 0 Å². The molecule has 0 bridgehead atoms. The van der Waals surface area contributed by atoms with Gasteiger partial charge >= 0.3 is 0 Å². The molecular weight excluding hydrogens is 236 g/mol. The minimum absolute atomic E-state index is 0.229. The van der Waals surface area contributed by atoms with Gasteiger partial charge in [-0.05, 0) is 48.9 Å². The quantitative estimate of drug-likeness (QED) is 0.837. The Morgan fingerprint density at radius 3 is 3.16 bits per heavy atom. The van der Waals surface area contributed by atoms with Crippen molar-refractivity contribution in [2.75, 3.05) is 19.6 Å². The van der Waals surface area contributed by atoms with Crippen LogP contribution in [0, 0.1) is 5.92 Å². The van der Waals surface area contributed by atoms with Crippen LogP contribution in [-0.4, -0.2) is 30.4 Å². The molecule has 2 aliphatic rings. The molecule has 1 N–H and O–H groups in total. The lowest BCUT2D eigenvalue weighted by Crippen LogP contribution is -2.40. The smallest absolute Gasteiger partial charge is 0.254 e. The fraction of sp³-hybridized carbons (Fsp3) is 0.562. The van der Waals surface area contributed by atoms with E-state index in [4.69, 9.17) is 0 Å². The Bertz CT molecular complexity index is 484. The molecule has 1 atom stereocenters. The Kier molecular flexibility index (Phi) is 3.56. The van der Waals surface area contributed by atoms with Crippen LogP contribution in [0.5, 0.6) is 0 Å². The molecule has 1 aromatic rings. The van der Waals surface area contributed by atoms with Crippen LogP contribution >= 0.6 is 0 Å². The number of hydrogen-bond donors (Lipinski definition) is 1. The van der Waals surface area contributed by atoms with E-state index in [1.165, 1.54) is 17.5 Å². The van der Waals surface area contributed by atoms with Gasteiger partial charge in [0.25, 0.3) is 5.91 Å². The summed E-state index contributed by atoms with van der Waals surface area (Å²) in [6, 6.07) is 6.18. The molecular formula is C16H22N2O. The molecule has 1 aromatic carbocycles. The number of carbonyl (C=O) groups excluding carboxylic acids is 1. The summed E-state index contributed by atoms with van der Waals surface area (Å²) in [5.41, 5.74) is 3.48. The summed E-state index contributed by atoms with van der Waals surface area (Å²) in [7, 11) is 0. The number of carbonyl (C=O) groups is 1. The molecule has 0 radical (unpaired) electrons. The predicted octanol–water partition coefficient (Wildman–Crippen LogP) is 2.20. The molecule has 0 aliphatic carbocycles. The van der Waals surface area contributed by atoms with Gasteiger partial charge in [0.05, 0.1) is 0 Å². The largest absolute Gasteiger partial charge is 0.338 e. The summed E-state index contributed by atoms with van der Waals surface area (Å²) in [5, 5.41) is 3.38. The molecule has 2 heterocycles. The van der Waals surface area contributed by atoms with Crippen molar-refractivity contribution in [1.29, 1.82) is 0 Å². The van der Waals surface area contributed by atoms with Gasteiger partial charge in [-0.3, -0.25) is 4.79 Å². The van der Waals surface area contributed by atoms with Crippen molar-refractivity contribution in [3.8, 4) is 0 Å². The van der Waals surface area contributed by atoms with E-state index in [0.717, 1.165) is 44.6 Å². The number of fused-ring (bicyclic) bond motifs is 1. The lowest BCUT2D eigenvalue weighted by Gasteiger charge is -2.32. The SMILES string of the molecule is CC1CCCN(C(=O)c2cccc3c2CNCC3)C1. The second kappa shape index (κ2) is 5.33. The van der Waals surface area contributed by atoms with Crippen molar-refractivity contribution in [3.05, 3.63) is 34.9 Å². The van der Waals surface area contributed by atoms with Crippen LogP contribution in [-0.2, 0) is 13.0 Å². The van der Waals surface area contributed by atoms with Crippen LogP contribution in [0.2, 0.25) is 0 Å². The van der Waals surface area contributed by atoms with E-state index in [1.807, 2.05) is 17.0 Å². The maximum atomic E-state index is 12.7. The summed E-state index contributed by atoms with van der Waals surface area (Å²) < 4.78 is 0. The van der Waals surface area contributed by atoms with E-state index >= 15 is 0 Å². The molecule has 1 fully saturated rings. The molecule has 3 nitrogen and oxygen atoms in total. The van der Waals surface area contributed by atoms with Crippen LogP contribution in [0.1, 0.15) is 41.3 Å². The average molecular weight is 258 g/mol. The first-order valence-electron chi connectivity index (χ1n) is 7.36. The third-order valence-corrected chi connectivity index (χ3v) is 4.32. The Morgan fingerprint density at radius 2 is 2.32 bits per heavy atom. The van der Waals surface area contributed by atoms with Gasteiger partial charge < -0.3 is 10.2 Å². The molecule has 1 amide bonds. The molecule has 2 aliphatic heterocycles. The molecule has 1 saturated heterocycles. The number of piperidine rings is 1. The van der Waals surface area contributed by atoms with Gasteiger partial charge in [0.2, 0.25) is 0 Å². The maximum Gasteiger partial charge on any atom is 0.254 e. The second-order valence-corrected chi connectivity index (χ2v) is 5.87. The first-order chi connectivity index (χ1) is 9.25. The van der Waals surface area contributed by atoms with Crippen LogP contribution in [0.25, 0.3) is 0 Å². The number of amides is 1. The summed E-state index contributed by atoms with van der Waals surface area (Å²) >= 11 is 0. The number of hydrogen-bond acceptors (Lipinski definition) is 2. The number of rotatable bonds is 1. The van der Waals surface area contributed by atoms with Crippen molar-refractivity contribution < 1.29 is 4.79 Å². The highest BCUT2D eigenvalue weighted by atomic mass is 16.2. The Hall–Kier alpha value is -1.35. The summed E-state index contributed by atoms with van der Waals surface area (Å²) in [5.74, 6) is 0.863. The van der Waals surface area contributed by atoms with Gasteiger partial charge in [-0.15, -0.1) is 0 Å². The van der Waals surface area contributed by atoms with Gasteiger partial charge in [0.15, 0.2) is 0 Å². The highest BCUT2D eigenvalue weighted by Gasteiger charge is 2.25. The highest BCUT2D eigenvalue weighted by molar-refractivity contribution is 5.96. The van der Waals surface area contributed by atoms with Crippen molar-refractivity contribution in [1.82, 2.24) is 10.2 Å². The van der Waals surface area contributed by atoms with Crippen molar-refractivity contribution in [2.24, 2.45) is 5.92 Å². The Morgan fingerprint density at radius 1 is 1.42 bits per heavy atom. The molecule has 0 spiro atoms. The summed E-state index contributed by atoms with van der Waals surface area (Å²) in [4.78, 5) is 14.8. The van der Waals surface area contributed by atoms with Crippen LogP contribution in [0.4, 0.5) is 0 Å². The van der Waals surface area contributed by atoms with E-state index in [9.17, 15) is 4.79 Å². The van der Waals surface area contributed by atoms with E-state index < -0.39 is 0 Å². The van der Waals surface area contributed by atoms with E-state index in [-0.39, 0.29) is 5.91 Å². The minimum atomic E-state index is 0.229. The van der Waals surface area contributed by atoms with E-state index in [1.54, 1.807) is 0 Å². The fourth-order valence-corrected chi connectivity index (χ4v) is 3.26. The molecule has 0 saturated carbocycles. The summed E-state index contributed by atoms with van der Waals surface area (Å²) in [6.07, 6.45) is 3.42. The number of benzene rings is 1. The zero-order valence-corrected chi connectivity index (χ0v) is 11.6. The second-order valence-electron chi connectivity index (χ2n) is 5.87. The Labute approximate surface area is 115 Å². The molecule has 102 valence electrons. The van der Waals surface area contributed by atoms with Crippen molar-refractivity contribution in [2.45, 2.75) is 32.7 Å². The van der Waals surface area contributed by atoms with Gasteiger partial charge in [0, 0.05) is 25.2 Å². The fourth-order valence-electron chi connectivity index (χ4n) is 3.26. The third kappa shape index (κ3) is 2.52. The molecule has 3 heteroatoms. The van der Waals surface area contributed by atoms with Crippen LogP contribution < -0.4 is 5.32 Å². The maximum absolute atomic E-state index is 12.7. The zero-order valence-electron chi connectivity index (χ0n) is 11.6. The average Bonchev–Trinajstić information content (AvgIpc) is 2.46. The monoisotopic (exact) mass is 258 g/mol. The van der Waals surface area contributed by atoms with E-state index in [0.29, 0.717) is 5.92 Å². The number of likely N-dealkylation sites (tertiary alicyclic amines) is 1. The zero-order chi connectivity index (χ0) is 13.2. The van der Waals surface area contributed by atoms with Crippen molar-refractivity contribution >= 4 is 5.91 Å². The first kappa shape index (κ1) is 12.7. The van der Waals surface area contributed by atoms with Crippen LogP contribution in [0.15, 0.2) is 18.2 Å². The van der Waals surface area contributed by atoms with Gasteiger partial charge in [-0.1, -0.05) is 19.1 Å². The van der Waals surface area contributed by atoms with Crippen LogP contribution in [0.3, 0.4) is 0 Å². The Balaban J connectivity index is 1.87. The molecule has 0 aromatic heterocycles. The third-order valence-electron chi connectivity index (χ3n) is 4.32. The molecule has 1 unspecified atom stereocenters. The molecule has 3 rings (SSSR count). The predicted molar refractivity (Wildman–Crippen MR) is 76.2 cm³/mol. The standard InChI is InChI=1S/C16H22N2O/c1-12-4-3-9-18(11-12)16(19)14-6-2-5-13-7-8-17-10-15(13)14/h2,5-6,12,17H,3-4,7-11H2,1H3. The summed E-state index contributed by atoms with van der Waals surface area (Å²) in [6.45, 7) is 5.92. The minimum Gasteiger partial charge on any atom is -0.338 e. The lowest BCUT2D eigenvalue weighted by atomic mass is 9.94. The topological polar surface area (TPSA) is 32.3 Å². The number of nitrogens with one attached hydrogen (secondary N) is 1. The lowest BCUT2D eigenvalue weighted by molar-refractivity contribution is 0.0681. The normalized spacial score (nSPS) is 23.0. The van der Waals surface area contributed by atoms with Gasteiger partial charge in [-0.25, -0.2) is 0 Å². The molecule has 19 heavy (non-hydrogen) atoms. The highest BCUT2D eigenvalue weighted by Crippen LogP contribution is 2.23. The first-order valence-corrected chi connectivity index (χ1v) is 7.36. The van der Waals surface area contributed by atoms with Gasteiger partial charge in [-0.2, -0.15) is 0 Å². The van der Waals surface area contributed by atoms with E-state index in [2.05, 4.69) is 18.3 Å².